The van der Waals surface area contributed by atoms with Crippen LogP contribution in [0.3, 0.4) is 0 Å². The zero-order chi connectivity index (χ0) is 14.0. The summed E-state index contributed by atoms with van der Waals surface area (Å²) in [6.45, 7) is 2.40. The monoisotopic (exact) mass is 351 g/mol. The second-order valence-electron chi connectivity index (χ2n) is 4.60. The topological polar surface area (TPSA) is 55.4 Å². The lowest BCUT2D eigenvalue weighted by atomic mass is 10.1. The second kappa shape index (κ2) is 5.87. The Kier molecular flexibility index (Phi) is 4.60. The molecule has 0 amide bonds. The highest BCUT2D eigenvalue weighted by Crippen LogP contribution is 2.21. The van der Waals surface area contributed by atoms with Gasteiger partial charge in [-0.1, -0.05) is 15.9 Å². The molecule has 0 spiro atoms. The lowest BCUT2D eigenvalue weighted by Gasteiger charge is -2.27. The van der Waals surface area contributed by atoms with Crippen molar-refractivity contribution < 1.29 is 17.5 Å². The highest BCUT2D eigenvalue weighted by molar-refractivity contribution is 9.10. The van der Waals surface area contributed by atoms with Crippen LogP contribution in [0.4, 0.5) is 4.39 Å². The summed E-state index contributed by atoms with van der Waals surface area (Å²) in [4.78, 5) is -0.324. The van der Waals surface area contributed by atoms with Crippen LogP contribution in [-0.2, 0) is 14.8 Å². The Hall–Kier alpha value is -0.500. The minimum Gasteiger partial charge on any atom is -0.378 e. The van der Waals surface area contributed by atoms with Crippen LogP contribution in [0, 0.1) is 5.82 Å². The first-order valence-corrected chi connectivity index (χ1v) is 8.25. The van der Waals surface area contributed by atoms with E-state index < -0.39 is 15.8 Å². The third kappa shape index (κ3) is 3.75. The highest BCUT2D eigenvalue weighted by Gasteiger charge is 2.26. The van der Waals surface area contributed by atoms with E-state index in [1.807, 2.05) is 6.92 Å². The fraction of sp³-hybridized carbons (Fsp3) is 0.500. The van der Waals surface area contributed by atoms with E-state index in [-0.39, 0.29) is 17.0 Å². The Morgan fingerprint density at radius 1 is 1.47 bits per heavy atom. The SMILES string of the molecule is CC1CC(NS(=O)(=O)c2ccc(Br)cc2F)CCO1. The van der Waals surface area contributed by atoms with Crippen LogP contribution in [0.25, 0.3) is 0 Å². The van der Waals surface area contributed by atoms with Crippen molar-refractivity contribution in [3.05, 3.63) is 28.5 Å². The third-order valence-electron chi connectivity index (χ3n) is 2.99. The summed E-state index contributed by atoms with van der Waals surface area (Å²) in [6, 6.07) is 3.69. The Bertz CT molecular complexity index is 564. The number of benzene rings is 1. The second-order valence-corrected chi connectivity index (χ2v) is 7.20. The molecule has 1 aliphatic heterocycles. The van der Waals surface area contributed by atoms with E-state index in [9.17, 15) is 12.8 Å². The number of rotatable bonds is 3. The molecule has 106 valence electrons. The summed E-state index contributed by atoms with van der Waals surface area (Å²) in [7, 11) is -3.83. The average molecular weight is 352 g/mol. The maximum atomic E-state index is 13.7. The molecule has 1 aromatic rings. The van der Waals surface area contributed by atoms with Crippen molar-refractivity contribution in [2.45, 2.75) is 36.8 Å². The molecule has 1 aromatic carbocycles. The normalized spacial score (nSPS) is 24.4. The summed E-state index contributed by atoms with van der Waals surface area (Å²) >= 11 is 3.10. The van der Waals surface area contributed by atoms with Gasteiger partial charge in [0.25, 0.3) is 0 Å². The van der Waals surface area contributed by atoms with Crippen molar-refractivity contribution in [3.63, 3.8) is 0 Å². The van der Waals surface area contributed by atoms with E-state index in [1.165, 1.54) is 12.1 Å². The maximum Gasteiger partial charge on any atom is 0.243 e. The van der Waals surface area contributed by atoms with Crippen molar-refractivity contribution >= 4 is 26.0 Å². The largest absolute Gasteiger partial charge is 0.378 e. The van der Waals surface area contributed by atoms with Crippen molar-refractivity contribution in [1.29, 1.82) is 0 Å². The van der Waals surface area contributed by atoms with Gasteiger partial charge in [-0.25, -0.2) is 17.5 Å². The average Bonchev–Trinajstić information content (AvgIpc) is 2.27. The molecule has 7 heteroatoms. The van der Waals surface area contributed by atoms with Crippen LogP contribution in [0.2, 0.25) is 0 Å². The van der Waals surface area contributed by atoms with Crippen LogP contribution in [-0.4, -0.2) is 27.2 Å². The molecule has 0 aliphatic carbocycles. The van der Waals surface area contributed by atoms with Crippen molar-refractivity contribution in [2.24, 2.45) is 0 Å². The molecule has 1 N–H and O–H groups in total. The van der Waals surface area contributed by atoms with E-state index in [2.05, 4.69) is 20.7 Å². The first kappa shape index (κ1) is 14.9. The molecule has 0 saturated carbocycles. The molecule has 2 rings (SSSR count). The van der Waals surface area contributed by atoms with E-state index in [4.69, 9.17) is 4.74 Å². The van der Waals surface area contributed by atoms with Gasteiger partial charge in [-0.2, -0.15) is 0 Å². The van der Waals surface area contributed by atoms with Crippen LogP contribution in [0.1, 0.15) is 19.8 Å². The van der Waals surface area contributed by atoms with Gasteiger partial charge in [-0.3, -0.25) is 0 Å². The van der Waals surface area contributed by atoms with Crippen molar-refractivity contribution in [1.82, 2.24) is 4.72 Å². The third-order valence-corrected chi connectivity index (χ3v) is 5.04. The zero-order valence-corrected chi connectivity index (χ0v) is 12.8. The Morgan fingerprint density at radius 3 is 2.84 bits per heavy atom. The van der Waals surface area contributed by atoms with E-state index >= 15 is 0 Å². The van der Waals surface area contributed by atoms with Gasteiger partial charge in [0.05, 0.1) is 6.10 Å². The van der Waals surface area contributed by atoms with Crippen LogP contribution in [0.5, 0.6) is 0 Å². The van der Waals surface area contributed by atoms with Crippen molar-refractivity contribution in [2.75, 3.05) is 6.61 Å². The molecular formula is C12H15BrFNO3S. The molecule has 2 unspecified atom stereocenters. The van der Waals surface area contributed by atoms with E-state index in [0.29, 0.717) is 23.9 Å². The summed E-state index contributed by atoms with van der Waals surface area (Å²) in [5.41, 5.74) is 0. The predicted molar refractivity (Wildman–Crippen MR) is 72.9 cm³/mol. The molecule has 0 aromatic heterocycles. The molecule has 2 atom stereocenters. The number of nitrogens with one attached hydrogen (secondary N) is 1. The highest BCUT2D eigenvalue weighted by atomic mass is 79.9. The zero-order valence-electron chi connectivity index (χ0n) is 10.4. The standard InChI is InChI=1S/C12H15BrFNO3S/c1-8-6-10(4-5-18-8)15-19(16,17)12-3-2-9(13)7-11(12)14/h2-3,7-8,10,15H,4-6H2,1H3. The fourth-order valence-corrected chi connectivity index (χ4v) is 3.76. The Balaban J connectivity index is 2.18. The van der Waals surface area contributed by atoms with Gasteiger partial charge >= 0.3 is 0 Å². The minimum atomic E-state index is -3.83. The summed E-state index contributed by atoms with van der Waals surface area (Å²) < 4.78 is 46.4. The van der Waals surface area contributed by atoms with E-state index in [0.717, 1.165) is 6.07 Å². The molecule has 1 heterocycles. The lowest BCUT2D eigenvalue weighted by Crippen LogP contribution is -2.41. The van der Waals surface area contributed by atoms with Gasteiger partial charge in [-0.15, -0.1) is 0 Å². The van der Waals surface area contributed by atoms with Gasteiger partial charge in [0.1, 0.15) is 10.7 Å². The number of ether oxygens (including phenoxy) is 1. The molecule has 0 radical (unpaired) electrons. The van der Waals surface area contributed by atoms with Crippen LogP contribution >= 0.6 is 15.9 Å². The van der Waals surface area contributed by atoms with E-state index in [1.54, 1.807) is 0 Å². The number of sulfonamides is 1. The Morgan fingerprint density at radius 2 is 2.21 bits per heavy atom. The first-order valence-electron chi connectivity index (χ1n) is 5.97. The van der Waals surface area contributed by atoms with Gasteiger partial charge in [0.2, 0.25) is 10.0 Å². The molecule has 4 nitrogen and oxygen atoms in total. The minimum absolute atomic E-state index is 0.0104. The first-order chi connectivity index (χ1) is 8.88. The van der Waals surface area contributed by atoms with Gasteiger partial charge in [-0.05, 0) is 38.0 Å². The number of halogens is 2. The number of hydrogen-bond acceptors (Lipinski definition) is 3. The molecule has 1 saturated heterocycles. The van der Waals surface area contributed by atoms with Gasteiger partial charge in [0, 0.05) is 17.1 Å². The Labute approximate surface area is 120 Å². The lowest BCUT2D eigenvalue weighted by molar-refractivity contribution is 0.0173. The number of hydrogen-bond donors (Lipinski definition) is 1. The molecular weight excluding hydrogens is 337 g/mol. The summed E-state index contributed by atoms with van der Waals surface area (Å²) in [5, 5.41) is 0. The fourth-order valence-electron chi connectivity index (χ4n) is 2.08. The predicted octanol–water partition coefficient (Wildman–Crippen LogP) is 2.43. The maximum absolute atomic E-state index is 13.7. The summed E-state index contributed by atoms with van der Waals surface area (Å²) in [5.74, 6) is -0.762. The molecule has 0 bridgehead atoms. The smallest absolute Gasteiger partial charge is 0.243 e. The molecule has 1 aliphatic rings. The van der Waals surface area contributed by atoms with Gasteiger partial charge < -0.3 is 4.74 Å². The quantitative estimate of drug-likeness (QED) is 0.909. The van der Waals surface area contributed by atoms with Gasteiger partial charge in [0.15, 0.2) is 0 Å². The summed E-state index contributed by atoms with van der Waals surface area (Å²) in [6.07, 6.45) is 1.20. The van der Waals surface area contributed by atoms with Crippen molar-refractivity contribution in [3.8, 4) is 0 Å². The molecule has 19 heavy (non-hydrogen) atoms. The van der Waals surface area contributed by atoms with Crippen LogP contribution < -0.4 is 4.72 Å². The molecule has 1 fully saturated rings. The van der Waals surface area contributed by atoms with Crippen LogP contribution in [0.15, 0.2) is 27.6 Å².